The number of halogens is 3. The summed E-state index contributed by atoms with van der Waals surface area (Å²) in [6.45, 7) is -1.37. The lowest BCUT2D eigenvalue weighted by atomic mass is 10.2. The van der Waals surface area contributed by atoms with Crippen LogP contribution in [0.1, 0.15) is 10.5 Å². The molecule has 0 saturated carbocycles. The molecule has 0 aromatic carbocycles. The Morgan fingerprint density at radius 3 is 2.72 bits per heavy atom. The van der Waals surface area contributed by atoms with E-state index in [4.69, 9.17) is 5.11 Å². The maximum absolute atomic E-state index is 12.3. The number of nitrogens with zero attached hydrogens (tertiary/aromatic N) is 3. The molecule has 0 unspecified atom stereocenters. The van der Waals surface area contributed by atoms with E-state index in [0.717, 1.165) is 11.3 Å². The molecule has 0 saturated heterocycles. The van der Waals surface area contributed by atoms with Gasteiger partial charge in [0, 0.05) is 0 Å². The Bertz CT molecular complexity index is 562. The molecular formula is C9H6F3N3O2S. The van der Waals surface area contributed by atoms with Gasteiger partial charge in [-0.3, -0.25) is 0 Å². The van der Waals surface area contributed by atoms with Crippen LogP contribution in [-0.4, -0.2) is 32.2 Å². The second-order valence-electron chi connectivity index (χ2n) is 3.34. The molecule has 5 nitrogen and oxygen atoms in total. The summed E-state index contributed by atoms with van der Waals surface area (Å²) in [5.74, 6) is -1.41. The molecule has 18 heavy (non-hydrogen) atoms. The first-order valence-electron chi connectivity index (χ1n) is 4.66. The maximum Gasteiger partial charge on any atom is 0.408 e. The number of carboxylic acid groups (broad SMARTS) is 1. The predicted octanol–water partition coefficient (Wildman–Crippen LogP) is 2.27. The third-order valence-electron chi connectivity index (χ3n) is 2.02. The molecule has 9 heteroatoms. The van der Waals surface area contributed by atoms with E-state index >= 15 is 0 Å². The molecule has 2 aromatic heterocycles. The number of hydrogen-bond donors (Lipinski definition) is 1. The zero-order valence-electron chi connectivity index (χ0n) is 8.68. The van der Waals surface area contributed by atoms with Crippen LogP contribution in [0.2, 0.25) is 0 Å². The Kier molecular flexibility index (Phi) is 3.07. The van der Waals surface area contributed by atoms with Crippen LogP contribution in [0.4, 0.5) is 13.2 Å². The number of rotatable bonds is 3. The Morgan fingerprint density at radius 2 is 2.22 bits per heavy atom. The van der Waals surface area contributed by atoms with Crippen LogP contribution in [-0.2, 0) is 6.54 Å². The van der Waals surface area contributed by atoms with Gasteiger partial charge in [0.2, 0.25) is 0 Å². The molecule has 2 aromatic rings. The van der Waals surface area contributed by atoms with E-state index in [9.17, 15) is 18.0 Å². The van der Waals surface area contributed by atoms with E-state index in [0.29, 0.717) is 9.56 Å². The van der Waals surface area contributed by atoms with Gasteiger partial charge < -0.3 is 5.11 Å². The van der Waals surface area contributed by atoms with Gasteiger partial charge in [-0.15, -0.1) is 16.4 Å². The highest BCUT2D eigenvalue weighted by atomic mass is 32.1. The van der Waals surface area contributed by atoms with Crippen molar-refractivity contribution >= 4 is 17.3 Å². The van der Waals surface area contributed by atoms with Gasteiger partial charge in [0.05, 0.1) is 4.88 Å². The van der Waals surface area contributed by atoms with Gasteiger partial charge in [0.25, 0.3) is 0 Å². The number of hydrogen-bond acceptors (Lipinski definition) is 4. The van der Waals surface area contributed by atoms with Crippen LogP contribution in [0.3, 0.4) is 0 Å². The largest absolute Gasteiger partial charge is 0.476 e. The molecule has 2 heterocycles. The molecular weight excluding hydrogens is 271 g/mol. The van der Waals surface area contributed by atoms with Gasteiger partial charge in [-0.05, 0) is 11.4 Å². The third-order valence-corrected chi connectivity index (χ3v) is 2.90. The van der Waals surface area contributed by atoms with Crippen molar-refractivity contribution in [3.8, 4) is 10.6 Å². The van der Waals surface area contributed by atoms with Crippen molar-refractivity contribution in [3.05, 3.63) is 23.2 Å². The van der Waals surface area contributed by atoms with Gasteiger partial charge in [0.1, 0.15) is 12.2 Å². The SMILES string of the molecule is O=C(O)c1nnn(CC(F)(F)F)c1-c1cccs1. The van der Waals surface area contributed by atoms with Crippen molar-refractivity contribution in [3.63, 3.8) is 0 Å². The van der Waals surface area contributed by atoms with Gasteiger partial charge in [0.15, 0.2) is 5.69 Å². The first-order valence-corrected chi connectivity index (χ1v) is 5.54. The molecule has 0 spiro atoms. The second kappa shape index (κ2) is 4.41. The van der Waals surface area contributed by atoms with Crippen molar-refractivity contribution in [2.75, 3.05) is 0 Å². The fraction of sp³-hybridized carbons (Fsp3) is 0.222. The lowest BCUT2D eigenvalue weighted by Crippen LogP contribution is -2.19. The topological polar surface area (TPSA) is 68.0 Å². The van der Waals surface area contributed by atoms with E-state index in [-0.39, 0.29) is 5.69 Å². The minimum atomic E-state index is -4.49. The monoisotopic (exact) mass is 277 g/mol. The van der Waals surface area contributed by atoms with Gasteiger partial charge in [-0.2, -0.15) is 13.2 Å². The summed E-state index contributed by atoms with van der Waals surface area (Å²) in [7, 11) is 0. The highest BCUT2D eigenvalue weighted by Gasteiger charge is 2.32. The normalized spacial score (nSPS) is 11.7. The first kappa shape index (κ1) is 12.6. The molecule has 96 valence electrons. The standard InChI is InChI=1S/C9H6F3N3O2S/c10-9(11,12)4-15-7(5-2-1-3-18-5)6(8(16)17)13-14-15/h1-3H,4H2,(H,16,17). The Hall–Kier alpha value is -1.90. The van der Waals surface area contributed by atoms with Gasteiger partial charge >= 0.3 is 12.1 Å². The van der Waals surface area contributed by atoms with Crippen molar-refractivity contribution in [2.45, 2.75) is 12.7 Å². The van der Waals surface area contributed by atoms with Crippen LogP contribution in [0, 0.1) is 0 Å². The fourth-order valence-electron chi connectivity index (χ4n) is 1.39. The summed E-state index contributed by atoms with van der Waals surface area (Å²) in [5, 5.41) is 17.0. The van der Waals surface area contributed by atoms with Crippen LogP contribution >= 0.6 is 11.3 Å². The zero-order valence-corrected chi connectivity index (χ0v) is 9.49. The van der Waals surface area contributed by atoms with Gasteiger partial charge in [-0.1, -0.05) is 11.3 Å². The van der Waals surface area contributed by atoms with Crippen LogP contribution < -0.4 is 0 Å². The summed E-state index contributed by atoms with van der Waals surface area (Å²) >= 11 is 1.12. The summed E-state index contributed by atoms with van der Waals surface area (Å²) in [5.41, 5.74) is -0.614. The smallest absolute Gasteiger partial charge is 0.408 e. The number of aromatic nitrogens is 3. The Labute approximate surface area is 102 Å². The molecule has 0 radical (unpaired) electrons. The Morgan fingerprint density at radius 1 is 1.50 bits per heavy atom. The minimum absolute atomic E-state index is 0.130. The molecule has 1 N–H and O–H groups in total. The third kappa shape index (κ3) is 2.50. The molecule has 0 aliphatic heterocycles. The molecule has 0 fully saturated rings. The molecule has 0 atom stereocenters. The summed E-state index contributed by atoms with van der Waals surface area (Å²) in [4.78, 5) is 11.3. The van der Waals surface area contributed by atoms with E-state index in [1.54, 1.807) is 11.4 Å². The predicted molar refractivity (Wildman–Crippen MR) is 56.3 cm³/mol. The van der Waals surface area contributed by atoms with E-state index < -0.39 is 24.4 Å². The lowest BCUT2D eigenvalue weighted by molar-refractivity contribution is -0.142. The Balaban J connectivity index is 2.52. The van der Waals surface area contributed by atoms with Crippen LogP contribution in [0.25, 0.3) is 10.6 Å². The molecule has 2 rings (SSSR count). The average Bonchev–Trinajstić information content (AvgIpc) is 2.81. The average molecular weight is 277 g/mol. The number of thiophene rings is 1. The minimum Gasteiger partial charge on any atom is -0.476 e. The van der Waals surface area contributed by atoms with Crippen LogP contribution in [0.15, 0.2) is 17.5 Å². The lowest BCUT2D eigenvalue weighted by Gasteiger charge is -2.08. The molecule has 0 aliphatic rings. The van der Waals surface area contributed by atoms with Crippen molar-refractivity contribution in [1.29, 1.82) is 0 Å². The molecule has 0 amide bonds. The number of aromatic carboxylic acids is 1. The van der Waals surface area contributed by atoms with E-state index in [2.05, 4.69) is 10.3 Å². The van der Waals surface area contributed by atoms with E-state index in [1.165, 1.54) is 6.07 Å². The summed E-state index contributed by atoms with van der Waals surface area (Å²) in [6, 6.07) is 3.12. The molecule has 0 bridgehead atoms. The second-order valence-corrected chi connectivity index (χ2v) is 4.29. The number of alkyl halides is 3. The number of carboxylic acids is 1. The summed E-state index contributed by atoms with van der Waals surface area (Å²) in [6.07, 6.45) is -4.49. The molecule has 0 aliphatic carbocycles. The zero-order chi connectivity index (χ0) is 13.3. The van der Waals surface area contributed by atoms with E-state index in [1.807, 2.05) is 0 Å². The quantitative estimate of drug-likeness (QED) is 0.934. The highest BCUT2D eigenvalue weighted by Crippen LogP contribution is 2.29. The first-order chi connectivity index (χ1) is 8.38. The summed E-state index contributed by atoms with van der Waals surface area (Å²) < 4.78 is 37.6. The van der Waals surface area contributed by atoms with Crippen molar-refractivity contribution in [1.82, 2.24) is 15.0 Å². The van der Waals surface area contributed by atoms with Crippen molar-refractivity contribution in [2.24, 2.45) is 0 Å². The highest BCUT2D eigenvalue weighted by molar-refractivity contribution is 7.13. The maximum atomic E-state index is 12.3. The van der Waals surface area contributed by atoms with Gasteiger partial charge in [-0.25, -0.2) is 9.48 Å². The fourth-order valence-corrected chi connectivity index (χ4v) is 2.17. The van der Waals surface area contributed by atoms with Crippen LogP contribution in [0.5, 0.6) is 0 Å². The van der Waals surface area contributed by atoms with Crippen molar-refractivity contribution < 1.29 is 23.1 Å². The number of carbonyl (C=O) groups is 1.